The molecule has 4 nitrogen and oxygen atoms in total. The van der Waals surface area contributed by atoms with Crippen molar-refractivity contribution in [1.82, 2.24) is 4.90 Å². The third-order valence-electron chi connectivity index (χ3n) is 3.69. The number of alkyl halides is 3. The highest BCUT2D eigenvalue weighted by Crippen LogP contribution is 2.38. The molecule has 1 saturated heterocycles. The van der Waals surface area contributed by atoms with E-state index >= 15 is 0 Å². The molecule has 0 bridgehead atoms. The molecule has 126 valence electrons. The second-order valence-corrected chi connectivity index (χ2v) is 5.79. The number of rotatable bonds is 3. The summed E-state index contributed by atoms with van der Waals surface area (Å²) in [5.74, 6) is -0.994. The van der Waals surface area contributed by atoms with Gasteiger partial charge in [0, 0.05) is 25.0 Å². The number of hydrogen-bond acceptors (Lipinski definition) is 2. The number of nitrogens with zero attached hydrogens (tertiary/aromatic N) is 2. The van der Waals surface area contributed by atoms with Crippen molar-refractivity contribution in [1.29, 1.82) is 0 Å². The summed E-state index contributed by atoms with van der Waals surface area (Å²) in [4.78, 5) is 26.4. The van der Waals surface area contributed by atoms with Gasteiger partial charge in [-0.05, 0) is 31.0 Å². The van der Waals surface area contributed by atoms with E-state index in [-0.39, 0.29) is 16.6 Å². The van der Waals surface area contributed by atoms with Crippen LogP contribution in [0.15, 0.2) is 18.2 Å². The van der Waals surface area contributed by atoms with Crippen molar-refractivity contribution in [2.24, 2.45) is 0 Å². The molecule has 2 amide bonds. The lowest BCUT2D eigenvalue weighted by Crippen LogP contribution is -2.41. The molecule has 0 aromatic heterocycles. The zero-order valence-corrected chi connectivity index (χ0v) is 13.2. The quantitative estimate of drug-likeness (QED) is 0.840. The molecule has 0 aliphatic carbocycles. The second kappa shape index (κ2) is 6.78. The Balaban J connectivity index is 2.34. The van der Waals surface area contributed by atoms with Gasteiger partial charge < -0.3 is 9.80 Å². The summed E-state index contributed by atoms with van der Waals surface area (Å²) in [6.07, 6.45) is -2.95. The van der Waals surface area contributed by atoms with Crippen molar-refractivity contribution < 1.29 is 22.8 Å². The molecule has 2 rings (SSSR count). The van der Waals surface area contributed by atoms with Gasteiger partial charge in [0.2, 0.25) is 11.8 Å². The number of carbonyl (C=O) groups excluding carboxylic acids is 2. The van der Waals surface area contributed by atoms with Gasteiger partial charge >= 0.3 is 6.18 Å². The molecule has 1 aromatic rings. The zero-order chi connectivity index (χ0) is 17.2. The van der Waals surface area contributed by atoms with Crippen LogP contribution in [0, 0.1) is 0 Å². The van der Waals surface area contributed by atoms with Crippen LogP contribution in [0.4, 0.5) is 18.9 Å². The van der Waals surface area contributed by atoms with Crippen LogP contribution in [0.1, 0.15) is 25.3 Å². The molecular formula is C15H16ClF3N2O2. The van der Waals surface area contributed by atoms with Gasteiger partial charge in [0.1, 0.15) is 6.54 Å². The van der Waals surface area contributed by atoms with Crippen molar-refractivity contribution in [3.8, 4) is 0 Å². The van der Waals surface area contributed by atoms with Crippen LogP contribution in [-0.4, -0.2) is 36.3 Å². The number of carbonyl (C=O) groups is 2. The second-order valence-electron chi connectivity index (χ2n) is 5.35. The zero-order valence-electron chi connectivity index (χ0n) is 12.5. The molecule has 1 aromatic carbocycles. The molecule has 0 saturated carbocycles. The molecular weight excluding hydrogens is 333 g/mol. The maximum Gasteiger partial charge on any atom is 0.418 e. The molecule has 1 aliphatic heterocycles. The average Bonchev–Trinajstić information content (AvgIpc) is 2.98. The Labute approximate surface area is 136 Å². The summed E-state index contributed by atoms with van der Waals surface area (Å²) in [6, 6.07) is 3.14. The maximum atomic E-state index is 13.2. The Morgan fingerprint density at radius 3 is 2.39 bits per heavy atom. The summed E-state index contributed by atoms with van der Waals surface area (Å²) >= 11 is 5.64. The van der Waals surface area contributed by atoms with Gasteiger partial charge in [0.25, 0.3) is 0 Å². The third kappa shape index (κ3) is 4.16. The third-order valence-corrected chi connectivity index (χ3v) is 3.92. The van der Waals surface area contributed by atoms with Crippen LogP contribution in [0.5, 0.6) is 0 Å². The molecule has 23 heavy (non-hydrogen) atoms. The molecule has 1 heterocycles. The molecule has 8 heteroatoms. The SMILES string of the molecule is CC(=O)N(CC(=O)N1CCCC1)c1ccc(Cl)cc1C(F)(F)F. The van der Waals surface area contributed by atoms with E-state index in [9.17, 15) is 22.8 Å². The molecule has 0 N–H and O–H groups in total. The lowest BCUT2D eigenvalue weighted by atomic mass is 10.1. The van der Waals surface area contributed by atoms with Crippen LogP contribution < -0.4 is 4.90 Å². The summed E-state index contributed by atoms with van der Waals surface area (Å²) in [5.41, 5.74) is -1.39. The lowest BCUT2D eigenvalue weighted by Gasteiger charge is -2.26. The van der Waals surface area contributed by atoms with Crippen LogP contribution in [0.2, 0.25) is 5.02 Å². The van der Waals surface area contributed by atoms with Gasteiger partial charge in [-0.1, -0.05) is 11.6 Å². The van der Waals surface area contributed by atoms with E-state index in [4.69, 9.17) is 11.6 Å². The van der Waals surface area contributed by atoms with Crippen molar-refractivity contribution in [2.75, 3.05) is 24.5 Å². The van der Waals surface area contributed by atoms with E-state index < -0.39 is 24.2 Å². The number of likely N-dealkylation sites (tertiary alicyclic amines) is 1. The summed E-state index contributed by atoms with van der Waals surface area (Å²) in [7, 11) is 0. The van der Waals surface area contributed by atoms with Gasteiger partial charge in [-0.15, -0.1) is 0 Å². The van der Waals surface area contributed by atoms with E-state index in [1.54, 1.807) is 4.90 Å². The smallest absolute Gasteiger partial charge is 0.341 e. The first-order valence-electron chi connectivity index (χ1n) is 7.13. The fraction of sp³-hybridized carbons (Fsp3) is 0.467. The Bertz CT molecular complexity index is 613. The fourth-order valence-electron chi connectivity index (χ4n) is 2.54. The predicted molar refractivity (Wildman–Crippen MR) is 80.3 cm³/mol. The summed E-state index contributed by atoms with van der Waals surface area (Å²) in [5, 5.41) is -0.0875. The number of benzene rings is 1. The van der Waals surface area contributed by atoms with Crippen molar-refractivity contribution in [2.45, 2.75) is 25.9 Å². The van der Waals surface area contributed by atoms with Gasteiger partial charge in [-0.25, -0.2) is 0 Å². The van der Waals surface area contributed by atoms with Crippen LogP contribution >= 0.6 is 11.6 Å². The minimum absolute atomic E-state index is 0.0875. The fourth-order valence-corrected chi connectivity index (χ4v) is 2.71. The number of amides is 2. The van der Waals surface area contributed by atoms with Crippen LogP contribution in [0.3, 0.4) is 0 Å². The molecule has 0 atom stereocenters. The number of anilines is 1. The molecule has 1 aliphatic rings. The number of halogens is 4. The molecule has 0 spiro atoms. The Kier molecular flexibility index (Phi) is 5.19. The Morgan fingerprint density at radius 1 is 1.26 bits per heavy atom. The highest BCUT2D eigenvalue weighted by molar-refractivity contribution is 6.30. The number of hydrogen-bond donors (Lipinski definition) is 0. The van der Waals surface area contributed by atoms with E-state index in [2.05, 4.69) is 0 Å². The molecule has 0 radical (unpaired) electrons. The minimum Gasteiger partial charge on any atom is -0.341 e. The average molecular weight is 349 g/mol. The van der Waals surface area contributed by atoms with Crippen LogP contribution in [0.25, 0.3) is 0 Å². The first-order valence-corrected chi connectivity index (χ1v) is 7.50. The van der Waals surface area contributed by atoms with E-state index in [0.29, 0.717) is 13.1 Å². The largest absolute Gasteiger partial charge is 0.418 e. The van der Waals surface area contributed by atoms with Gasteiger partial charge in [-0.3, -0.25) is 9.59 Å². The standard InChI is InChI=1S/C15H16ClF3N2O2/c1-10(22)21(9-14(23)20-6-2-3-7-20)13-5-4-11(16)8-12(13)15(17,18)19/h4-5,8H,2-3,6-7,9H2,1H3. The topological polar surface area (TPSA) is 40.6 Å². The van der Waals surface area contributed by atoms with Gasteiger partial charge in [0.15, 0.2) is 0 Å². The normalized spacial score (nSPS) is 14.9. The van der Waals surface area contributed by atoms with E-state index in [0.717, 1.165) is 36.8 Å². The predicted octanol–water partition coefficient (Wildman–Crippen LogP) is 3.33. The van der Waals surface area contributed by atoms with Gasteiger partial charge in [-0.2, -0.15) is 13.2 Å². The molecule has 1 fully saturated rings. The Morgan fingerprint density at radius 2 is 1.87 bits per heavy atom. The van der Waals surface area contributed by atoms with Crippen molar-refractivity contribution in [3.05, 3.63) is 28.8 Å². The first kappa shape index (κ1) is 17.6. The monoisotopic (exact) mass is 348 g/mol. The van der Waals surface area contributed by atoms with Crippen molar-refractivity contribution >= 4 is 29.1 Å². The maximum absolute atomic E-state index is 13.2. The van der Waals surface area contributed by atoms with Crippen LogP contribution in [-0.2, 0) is 15.8 Å². The molecule has 0 unspecified atom stereocenters. The summed E-state index contributed by atoms with van der Waals surface area (Å²) < 4.78 is 39.6. The Hall–Kier alpha value is -1.76. The first-order chi connectivity index (χ1) is 10.7. The summed E-state index contributed by atoms with van der Waals surface area (Å²) in [6.45, 7) is 1.85. The highest BCUT2D eigenvalue weighted by Gasteiger charge is 2.36. The van der Waals surface area contributed by atoms with Crippen molar-refractivity contribution in [3.63, 3.8) is 0 Å². The van der Waals surface area contributed by atoms with E-state index in [1.165, 1.54) is 6.07 Å². The highest BCUT2D eigenvalue weighted by atomic mass is 35.5. The minimum atomic E-state index is -4.68. The van der Waals surface area contributed by atoms with E-state index in [1.807, 2.05) is 0 Å². The van der Waals surface area contributed by atoms with Gasteiger partial charge in [0.05, 0.1) is 11.3 Å². The lowest BCUT2D eigenvalue weighted by molar-refractivity contribution is -0.137.